The molecule has 0 bridgehead atoms. The lowest BCUT2D eigenvalue weighted by Crippen LogP contribution is -2.60. The van der Waals surface area contributed by atoms with Crippen LogP contribution in [0.1, 0.15) is 99.8 Å². The van der Waals surface area contributed by atoms with Gasteiger partial charge >= 0.3 is 0 Å². The Morgan fingerprint density at radius 1 is 1.00 bits per heavy atom. The fourth-order valence-electron chi connectivity index (χ4n) is 13.0. The Hall–Kier alpha value is -0.280. The summed E-state index contributed by atoms with van der Waals surface area (Å²) in [5, 5.41) is 37.3. The molecule has 2 spiro atoms. The number of fused-ring (bicyclic) bond motifs is 4. The van der Waals surface area contributed by atoms with Crippen LogP contribution >= 0.6 is 0 Å². The van der Waals surface area contributed by atoms with Crippen LogP contribution in [-0.2, 0) is 14.2 Å². The van der Waals surface area contributed by atoms with Crippen LogP contribution < -0.4 is 5.32 Å². The van der Waals surface area contributed by atoms with Crippen molar-refractivity contribution in [2.45, 2.75) is 142 Å². The molecule has 2 aliphatic heterocycles. The van der Waals surface area contributed by atoms with Gasteiger partial charge in [-0.2, -0.15) is 0 Å². The van der Waals surface area contributed by atoms with Crippen molar-refractivity contribution < 1.29 is 29.5 Å². The molecule has 7 rings (SSSR count). The summed E-state index contributed by atoms with van der Waals surface area (Å²) in [6.45, 7) is 17.8. The molecule has 5 aliphatic carbocycles. The molecule has 5 saturated carbocycles. The van der Waals surface area contributed by atoms with E-state index in [1.807, 2.05) is 0 Å². The van der Waals surface area contributed by atoms with Gasteiger partial charge in [-0.05, 0) is 111 Å². The molecule has 10 unspecified atom stereocenters. The lowest BCUT2D eigenvalue weighted by atomic mass is 9.41. The van der Waals surface area contributed by atoms with Gasteiger partial charge in [0.2, 0.25) is 0 Å². The van der Waals surface area contributed by atoms with Crippen molar-refractivity contribution in [2.24, 2.45) is 50.7 Å². The molecule has 7 fully saturated rings. The van der Waals surface area contributed by atoms with E-state index in [2.05, 4.69) is 39.9 Å². The van der Waals surface area contributed by atoms with E-state index in [4.69, 9.17) is 14.2 Å². The number of hydrogen-bond acceptors (Lipinski definition) is 7. The highest BCUT2D eigenvalue weighted by molar-refractivity contribution is 5.33. The summed E-state index contributed by atoms with van der Waals surface area (Å²) in [5.74, 6) is 1.70. The van der Waals surface area contributed by atoms with Crippen molar-refractivity contribution in [1.29, 1.82) is 0 Å². The summed E-state index contributed by atoms with van der Waals surface area (Å²) >= 11 is 0. The van der Waals surface area contributed by atoms with Crippen LogP contribution in [0.5, 0.6) is 0 Å². The average molecular weight is 576 g/mol. The number of aliphatic hydroxyl groups is 3. The zero-order chi connectivity index (χ0) is 29.4. The number of morpholine rings is 1. The third kappa shape index (κ3) is 3.69. The highest BCUT2D eigenvalue weighted by Crippen LogP contribution is 2.89. The van der Waals surface area contributed by atoms with Crippen LogP contribution in [0.3, 0.4) is 0 Å². The monoisotopic (exact) mass is 575 g/mol. The van der Waals surface area contributed by atoms with Gasteiger partial charge in [0.05, 0.1) is 36.6 Å². The van der Waals surface area contributed by atoms with Gasteiger partial charge in [0.15, 0.2) is 6.29 Å². The summed E-state index contributed by atoms with van der Waals surface area (Å²) in [5.41, 5.74) is -0.714. The van der Waals surface area contributed by atoms with Crippen molar-refractivity contribution in [3.05, 3.63) is 0 Å². The van der Waals surface area contributed by atoms with Gasteiger partial charge < -0.3 is 34.8 Å². The minimum atomic E-state index is -1.24. The van der Waals surface area contributed by atoms with Crippen LogP contribution in [0.25, 0.3) is 0 Å². The molecule has 7 nitrogen and oxygen atoms in total. The lowest BCUT2D eigenvalue weighted by molar-refractivity contribution is -0.237. The summed E-state index contributed by atoms with van der Waals surface area (Å²) in [6.07, 6.45) is 6.92. The first-order valence-electron chi connectivity index (χ1n) is 16.9. The molecule has 2 saturated heterocycles. The highest BCUT2D eigenvalue weighted by Gasteiger charge is 2.84. The van der Waals surface area contributed by atoms with E-state index in [0.717, 1.165) is 45.4 Å². The molecule has 0 aromatic rings. The first-order chi connectivity index (χ1) is 19.1. The highest BCUT2D eigenvalue weighted by atomic mass is 16.7. The zero-order valence-corrected chi connectivity index (χ0v) is 26.6. The van der Waals surface area contributed by atoms with Crippen LogP contribution in [0.2, 0.25) is 0 Å². The molecular formula is C34H57NO6. The SMILES string of the molecule is C[C@@H]1CC(C(O)C(C)(C)O)OC2C1C1(C)CCC34CC35CCC(OC3CNCCO3)C(C)(C)[C@@H]5CCC4[C@]1(C)[C@H]2O. The molecule has 0 amide bonds. The molecule has 4 N–H and O–H groups in total. The van der Waals surface area contributed by atoms with Crippen molar-refractivity contribution in [1.82, 2.24) is 5.32 Å². The van der Waals surface area contributed by atoms with Crippen LogP contribution in [0, 0.1) is 50.7 Å². The van der Waals surface area contributed by atoms with Crippen LogP contribution in [0.4, 0.5) is 0 Å². The smallest absolute Gasteiger partial charge is 0.170 e. The van der Waals surface area contributed by atoms with Gasteiger partial charge in [-0.3, -0.25) is 0 Å². The third-order valence-electron chi connectivity index (χ3n) is 15.1. The van der Waals surface area contributed by atoms with E-state index in [1.165, 1.54) is 25.7 Å². The molecule has 234 valence electrons. The van der Waals surface area contributed by atoms with Gasteiger partial charge in [-0.1, -0.05) is 34.6 Å². The predicted octanol–water partition coefficient (Wildman–Crippen LogP) is 4.26. The molecule has 7 aliphatic rings. The fourth-order valence-corrected chi connectivity index (χ4v) is 13.0. The summed E-state index contributed by atoms with van der Waals surface area (Å²) in [7, 11) is 0. The van der Waals surface area contributed by atoms with E-state index in [0.29, 0.717) is 28.6 Å². The van der Waals surface area contributed by atoms with Crippen molar-refractivity contribution in [2.75, 3.05) is 19.7 Å². The lowest BCUT2D eigenvalue weighted by Gasteiger charge is -2.64. The molecule has 41 heavy (non-hydrogen) atoms. The second kappa shape index (κ2) is 9.14. The van der Waals surface area contributed by atoms with E-state index in [1.54, 1.807) is 13.8 Å². The Kier molecular flexibility index (Phi) is 6.56. The maximum Gasteiger partial charge on any atom is 0.170 e. The Morgan fingerprint density at radius 2 is 1.71 bits per heavy atom. The molecule has 7 heteroatoms. The van der Waals surface area contributed by atoms with Crippen molar-refractivity contribution in [3.8, 4) is 0 Å². The van der Waals surface area contributed by atoms with Gasteiger partial charge in [0.25, 0.3) is 0 Å². The number of hydrogen-bond donors (Lipinski definition) is 4. The summed E-state index contributed by atoms with van der Waals surface area (Å²) in [4.78, 5) is 0. The zero-order valence-electron chi connectivity index (χ0n) is 26.6. The Bertz CT molecular complexity index is 1040. The maximum atomic E-state index is 12.3. The van der Waals surface area contributed by atoms with Crippen LogP contribution in [-0.4, -0.2) is 77.4 Å². The summed E-state index contributed by atoms with van der Waals surface area (Å²) < 4.78 is 19.3. The van der Waals surface area contributed by atoms with Crippen LogP contribution in [0.15, 0.2) is 0 Å². The van der Waals surface area contributed by atoms with E-state index in [-0.39, 0.29) is 40.7 Å². The first-order valence-corrected chi connectivity index (χ1v) is 16.9. The fraction of sp³-hybridized carbons (Fsp3) is 1.00. The number of nitrogens with one attached hydrogen (secondary N) is 1. The molecular weight excluding hydrogens is 518 g/mol. The van der Waals surface area contributed by atoms with Crippen molar-refractivity contribution in [3.63, 3.8) is 0 Å². The number of ether oxygens (including phenoxy) is 3. The van der Waals surface area contributed by atoms with E-state index >= 15 is 0 Å². The predicted molar refractivity (Wildman–Crippen MR) is 156 cm³/mol. The number of aliphatic hydroxyl groups excluding tert-OH is 2. The second-order valence-electron chi connectivity index (χ2n) is 17.3. The first kappa shape index (κ1) is 29.4. The molecule has 2 heterocycles. The largest absolute Gasteiger partial charge is 0.390 e. The summed E-state index contributed by atoms with van der Waals surface area (Å²) in [6, 6.07) is 0. The minimum Gasteiger partial charge on any atom is -0.390 e. The molecule has 14 atom stereocenters. The average Bonchev–Trinajstić information content (AvgIpc) is 3.54. The van der Waals surface area contributed by atoms with Gasteiger partial charge in [0, 0.05) is 18.5 Å². The van der Waals surface area contributed by atoms with Gasteiger partial charge in [-0.25, -0.2) is 0 Å². The Labute approximate surface area is 247 Å². The standard InChI is InChI=1S/C34H57NO6/c1-19-16-20(27(36)30(4,5)38)40-26-25(19)31(6)12-13-34-18-33(34)11-10-23(41-24-17-35-14-15-39-24)29(2,3)21(33)8-9-22(34)32(31,7)28(26)37/h19-28,35-38H,8-18H2,1-7H3/t19-,20?,21+,22?,23?,24?,25?,26?,27?,28+,31?,32-,33?,34?/m1/s1. The minimum absolute atomic E-state index is 0.00512. The Balaban J connectivity index is 1.16. The molecule has 0 radical (unpaired) electrons. The topological polar surface area (TPSA) is 100 Å². The normalized spacial score (nSPS) is 56.5. The Morgan fingerprint density at radius 3 is 2.39 bits per heavy atom. The quantitative estimate of drug-likeness (QED) is 0.398. The van der Waals surface area contributed by atoms with Gasteiger partial charge in [0.1, 0.15) is 6.10 Å². The maximum absolute atomic E-state index is 12.3. The van der Waals surface area contributed by atoms with Gasteiger partial charge in [-0.15, -0.1) is 0 Å². The molecule has 0 aromatic heterocycles. The molecule has 0 aromatic carbocycles. The third-order valence-corrected chi connectivity index (χ3v) is 15.1. The number of rotatable bonds is 4. The van der Waals surface area contributed by atoms with E-state index < -0.39 is 23.9 Å². The van der Waals surface area contributed by atoms with E-state index in [9.17, 15) is 15.3 Å². The van der Waals surface area contributed by atoms with Crippen molar-refractivity contribution >= 4 is 0 Å². The second-order valence-corrected chi connectivity index (χ2v) is 17.3.